The van der Waals surface area contributed by atoms with E-state index in [1.54, 1.807) is 4.90 Å². The van der Waals surface area contributed by atoms with Crippen molar-refractivity contribution in [1.82, 2.24) is 10.2 Å². The Kier molecular flexibility index (Phi) is 5.60. The Morgan fingerprint density at radius 1 is 1.36 bits per heavy atom. The maximum Gasteiger partial charge on any atom is 0.256 e. The molecular formula is C16H23FN2O3. The second kappa shape index (κ2) is 7.45. The zero-order valence-electron chi connectivity index (χ0n) is 13.3. The molecule has 1 saturated heterocycles. The molecule has 0 aliphatic carbocycles. The number of amides is 1. The number of hydrogen-bond donors (Lipinski definition) is 1. The zero-order valence-corrected chi connectivity index (χ0v) is 13.3. The molecule has 5 nitrogen and oxygen atoms in total. The number of nitrogens with zero attached hydrogens (tertiary/aromatic N) is 1. The van der Waals surface area contributed by atoms with E-state index < -0.39 is 5.82 Å². The van der Waals surface area contributed by atoms with E-state index in [4.69, 9.17) is 9.47 Å². The minimum atomic E-state index is -0.585. The highest BCUT2D eigenvalue weighted by Gasteiger charge is 2.27. The van der Waals surface area contributed by atoms with Crippen LogP contribution in [0.3, 0.4) is 0 Å². The van der Waals surface area contributed by atoms with Crippen molar-refractivity contribution in [3.63, 3.8) is 0 Å². The molecular weight excluding hydrogens is 287 g/mol. The van der Waals surface area contributed by atoms with Crippen LogP contribution in [0.5, 0.6) is 11.5 Å². The second-order valence-electron chi connectivity index (χ2n) is 5.50. The Morgan fingerprint density at radius 3 is 2.68 bits per heavy atom. The van der Waals surface area contributed by atoms with Crippen LogP contribution in [-0.2, 0) is 0 Å². The number of nitrogens with one attached hydrogen (secondary N) is 1. The number of ether oxygens (including phenoxy) is 2. The maximum atomic E-state index is 14.2. The molecule has 1 aliphatic heterocycles. The van der Waals surface area contributed by atoms with Crippen molar-refractivity contribution in [1.29, 1.82) is 0 Å². The summed E-state index contributed by atoms with van der Waals surface area (Å²) in [5.41, 5.74) is 0.0303. The van der Waals surface area contributed by atoms with Crippen LogP contribution in [-0.4, -0.2) is 51.7 Å². The number of piperidine rings is 1. The van der Waals surface area contributed by atoms with Gasteiger partial charge in [-0.2, -0.15) is 0 Å². The summed E-state index contributed by atoms with van der Waals surface area (Å²) >= 11 is 0. The molecule has 122 valence electrons. The summed E-state index contributed by atoms with van der Waals surface area (Å²) in [5, 5.41) is 3.13. The number of benzene rings is 1. The van der Waals surface area contributed by atoms with Crippen molar-refractivity contribution in [2.75, 3.05) is 40.9 Å². The van der Waals surface area contributed by atoms with E-state index >= 15 is 0 Å². The fourth-order valence-electron chi connectivity index (χ4n) is 2.89. The quantitative estimate of drug-likeness (QED) is 0.903. The smallest absolute Gasteiger partial charge is 0.256 e. The van der Waals surface area contributed by atoms with E-state index in [2.05, 4.69) is 5.32 Å². The first-order chi connectivity index (χ1) is 10.6. The predicted octanol–water partition coefficient (Wildman–Crippen LogP) is 1.91. The summed E-state index contributed by atoms with van der Waals surface area (Å²) in [7, 11) is 4.80. The summed E-state index contributed by atoms with van der Waals surface area (Å²) < 4.78 is 24.4. The largest absolute Gasteiger partial charge is 0.493 e. The van der Waals surface area contributed by atoms with Crippen LogP contribution >= 0.6 is 0 Å². The van der Waals surface area contributed by atoms with Crippen LogP contribution in [0.4, 0.5) is 4.39 Å². The molecule has 0 aromatic heterocycles. The van der Waals surface area contributed by atoms with Crippen LogP contribution in [0, 0.1) is 11.7 Å². The van der Waals surface area contributed by atoms with Crippen LogP contribution < -0.4 is 14.8 Å². The van der Waals surface area contributed by atoms with Crippen LogP contribution in [0.25, 0.3) is 0 Å². The number of methoxy groups -OCH3 is 2. The van der Waals surface area contributed by atoms with E-state index in [0.717, 1.165) is 19.4 Å². The Bertz CT molecular complexity index is 534. The van der Waals surface area contributed by atoms with Gasteiger partial charge in [0.15, 0.2) is 11.5 Å². The number of hydrogen-bond acceptors (Lipinski definition) is 4. The van der Waals surface area contributed by atoms with Gasteiger partial charge in [-0.15, -0.1) is 0 Å². The lowest BCUT2D eigenvalue weighted by Crippen LogP contribution is -2.42. The van der Waals surface area contributed by atoms with Crippen molar-refractivity contribution in [2.45, 2.75) is 12.8 Å². The summed E-state index contributed by atoms with van der Waals surface area (Å²) in [5.74, 6) is 0.169. The van der Waals surface area contributed by atoms with Crippen molar-refractivity contribution < 1.29 is 18.7 Å². The van der Waals surface area contributed by atoms with Crippen molar-refractivity contribution >= 4 is 5.91 Å². The Hall–Kier alpha value is -1.82. The molecule has 1 aromatic rings. The summed E-state index contributed by atoms with van der Waals surface area (Å²) in [4.78, 5) is 14.3. The Labute approximate surface area is 130 Å². The van der Waals surface area contributed by atoms with Gasteiger partial charge < -0.3 is 19.7 Å². The monoisotopic (exact) mass is 310 g/mol. The lowest BCUT2D eigenvalue weighted by molar-refractivity contribution is 0.0669. The minimum absolute atomic E-state index is 0.0303. The first kappa shape index (κ1) is 16.5. The molecule has 0 saturated carbocycles. The molecule has 1 aromatic carbocycles. The molecule has 1 aliphatic rings. The third-order valence-corrected chi connectivity index (χ3v) is 4.00. The van der Waals surface area contributed by atoms with Gasteiger partial charge in [0, 0.05) is 19.2 Å². The summed E-state index contributed by atoms with van der Waals surface area (Å²) in [6.07, 6.45) is 2.02. The summed E-state index contributed by atoms with van der Waals surface area (Å²) in [6.45, 7) is 2.17. The molecule has 22 heavy (non-hydrogen) atoms. The molecule has 6 heteroatoms. The van der Waals surface area contributed by atoms with Crippen LogP contribution in [0.1, 0.15) is 23.2 Å². The Balaban J connectivity index is 2.21. The average Bonchev–Trinajstić information content (AvgIpc) is 2.54. The standard InChI is InChI=1S/C16H23FN2O3/c1-18-9-11-5-4-6-19(10-11)16(20)12-7-14(21-2)15(22-3)8-13(12)17/h7-8,11,18H,4-6,9-10H2,1-3H3/t11-/m0/s1. The molecule has 2 rings (SSSR count). The zero-order chi connectivity index (χ0) is 16.1. The lowest BCUT2D eigenvalue weighted by atomic mass is 9.97. The minimum Gasteiger partial charge on any atom is -0.493 e. The number of rotatable bonds is 5. The predicted molar refractivity (Wildman–Crippen MR) is 82.1 cm³/mol. The van der Waals surface area contributed by atoms with E-state index in [9.17, 15) is 9.18 Å². The number of carbonyl (C=O) groups excluding carboxylic acids is 1. The van der Waals surface area contributed by atoms with Crippen molar-refractivity contribution in [3.05, 3.63) is 23.5 Å². The summed E-state index contributed by atoms with van der Waals surface area (Å²) in [6, 6.07) is 2.61. The van der Waals surface area contributed by atoms with E-state index in [-0.39, 0.29) is 17.2 Å². The Morgan fingerprint density at radius 2 is 2.05 bits per heavy atom. The SMILES string of the molecule is CNC[C@@H]1CCCN(C(=O)c2cc(OC)c(OC)cc2F)C1. The topological polar surface area (TPSA) is 50.8 Å². The van der Waals surface area contributed by atoms with Crippen molar-refractivity contribution in [2.24, 2.45) is 5.92 Å². The van der Waals surface area contributed by atoms with Gasteiger partial charge >= 0.3 is 0 Å². The molecule has 0 unspecified atom stereocenters. The number of carbonyl (C=O) groups is 1. The first-order valence-electron chi connectivity index (χ1n) is 7.46. The van der Waals surface area contributed by atoms with Gasteiger partial charge in [-0.05, 0) is 38.4 Å². The lowest BCUT2D eigenvalue weighted by Gasteiger charge is -2.33. The molecule has 1 heterocycles. The van der Waals surface area contributed by atoms with Gasteiger partial charge in [0.25, 0.3) is 5.91 Å². The normalized spacial score (nSPS) is 18.2. The molecule has 0 bridgehead atoms. The van der Waals surface area contributed by atoms with Gasteiger partial charge in [-0.3, -0.25) is 4.79 Å². The molecule has 0 spiro atoms. The molecule has 1 amide bonds. The van der Waals surface area contributed by atoms with Crippen LogP contribution in [0.15, 0.2) is 12.1 Å². The highest BCUT2D eigenvalue weighted by molar-refractivity contribution is 5.95. The molecule has 1 N–H and O–H groups in total. The number of halogens is 1. The first-order valence-corrected chi connectivity index (χ1v) is 7.46. The van der Waals surface area contributed by atoms with E-state index in [1.165, 1.54) is 26.4 Å². The van der Waals surface area contributed by atoms with Gasteiger partial charge in [0.1, 0.15) is 5.82 Å². The van der Waals surface area contributed by atoms with Crippen LogP contribution in [0.2, 0.25) is 0 Å². The maximum absolute atomic E-state index is 14.2. The molecule has 1 fully saturated rings. The molecule has 1 atom stereocenters. The van der Waals surface area contributed by atoms with Crippen molar-refractivity contribution in [3.8, 4) is 11.5 Å². The van der Waals surface area contributed by atoms with E-state index in [1.807, 2.05) is 7.05 Å². The highest BCUT2D eigenvalue weighted by atomic mass is 19.1. The van der Waals surface area contributed by atoms with E-state index in [0.29, 0.717) is 24.8 Å². The van der Waals surface area contributed by atoms with Gasteiger partial charge in [-0.1, -0.05) is 0 Å². The fraction of sp³-hybridized carbons (Fsp3) is 0.562. The van der Waals surface area contributed by atoms with Gasteiger partial charge in [-0.25, -0.2) is 4.39 Å². The third-order valence-electron chi connectivity index (χ3n) is 4.00. The second-order valence-corrected chi connectivity index (χ2v) is 5.50. The third kappa shape index (κ3) is 3.50. The highest BCUT2D eigenvalue weighted by Crippen LogP contribution is 2.31. The number of likely N-dealkylation sites (tertiary alicyclic amines) is 1. The molecule has 0 radical (unpaired) electrons. The van der Waals surface area contributed by atoms with Gasteiger partial charge in [0.05, 0.1) is 19.8 Å². The van der Waals surface area contributed by atoms with Gasteiger partial charge in [0.2, 0.25) is 0 Å². The fourth-order valence-corrected chi connectivity index (χ4v) is 2.89. The average molecular weight is 310 g/mol.